The second-order valence-electron chi connectivity index (χ2n) is 10.7. The summed E-state index contributed by atoms with van der Waals surface area (Å²) in [5.41, 5.74) is 1.84. The Morgan fingerprint density at radius 3 is 2.67 bits per heavy atom. The maximum atomic E-state index is 12.7. The average molecular weight is 557 g/mol. The highest BCUT2D eigenvalue weighted by molar-refractivity contribution is 7.13. The van der Waals surface area contributed by atoms with E-state index < -0.39 is 6.10 Å². The lowest BCUT2D eigenvalue weighted by atomic mass is 10.0. The summed E-state index contributed by atoms with van der Waals surface area (Å²) in [6, 6.07) is 12.0. The number of esters is 1. The molecule has 1 unspecified atom stereocenters. The third-order valence-electron chi connectivity index (χ3n) is 7.78. The molecule has 2 saturated heterocycles. The highest BCUT2D eigenvalue weighted by Crippen LogP contribution is 2.31. The van der Waals surface area contributed by atoms with Gasteiger partial charge in [-0.3, -0.25) is 9.69 Å². The minimum Gasteiger partial charge on any atom is -0.460 e. The predicted molar refractivity (Wildman–Crippen MR) is 155 cm³/mol. The van der Waals surface area contributed by atoms with E-state index >= 15 is 0 Å². The van der Waals surface area contributed by atoms with E-state index in [0.717, 1.165) is 89.0 Å². The number of thiophene rings is 1. The van der Waals surface area contributed by atoms with E-state index in [9.17, 15) is 14.7 Å². The Hall–Kier alpha value is -2.26. The second kappa shape index (κ2) is 15.5. The van der Waals surface area contributed by atoms with Gasteiger partial charge in [-0.15, -0.1) is 11.3 Å². The van der Waals surface area contributed by atoms with Crippen LogP contribution >= 0.6 is 11.3 Å². The first kappa shape index (κ1) is 29.7. The molecule has 2 fully saturated rings. The zero-order valence-corrected chi connectivity index (χ0v) is 24.1. The van der Waals surface area contributed by atoms with Gasteiger partial charge < -0.3 is 19.5 Å². The lowest BCUT2D eigenvalue weighted by molar-refractivity contribution is -0.117. The molecule has 0 saturated carbocycles. The highest BCUT2D eigenvalue weighted by atomic mass is 32.1. The van der Waals surface area contributed by atoms with Crippen molar-refractivity contribution in [2.75, 3.05) is 44.4 Å². The number of aliphatic hydroxyl groups is 1. The first-order valence-corrected chi connectivity index (χ1v) is 15.5. The number of anilines is 1. The summed E-state index contributed by atoms with van der Waals surface area (Å²) in [6.45, 7) is 6.59. The molecule has 7 nitrogen and oxygen atoms in total. The summed E-state index contributed by atoms with van der Waals surface area (Å²) >= 11 is 1.51. The smallest absolute Gasteiger partial charge is 0.348 e. The number of carbonyl (C=O) groups excluding carboxylic acids is 2. The summed E-state index contributed by atoms with van der Waals surface area (Å²) in [4.78, 5) is 31.2. The minimum absolute atomic E-state index is 0.172. The number of nitrogens with zero attached hydrogens (tertiary/aromatic N) is 2. The number of hydrogen-bond donors (Lipinski definition) is 1. The first-order valence-electron chi connectivity index (χ1n) is 14.7. The van der Waals surface area contributed by atoms with Gasteiger partial charge in [0.05, 0.1) is 19.3 Å². The fraction of sp³-hybridized carbons (Fsp3) is 0.613. The van der Waals surface area contributed by atoms with E-state index in [0.29, 0.717) is 17.9 Å². The Morgan fingerprint density at radius 2 is 1.90 bits per heavy atom. The number of aryl methyl sites for hydroxylation is 1. The van der Waals surface area contributed by atoms with Gasteiger partial charge in [0.2, 0.25) is 5.91 Å². The molecule has 0 aliphatic carbocycles. The summed E-state index contributed by atoms with van der Waals surface area (Å²) < 4.78 is 10.8. The molecule has 0 spiro atoms. The molecule has 39 heavy (non-hydrogen) atoms. The SMILES string of the molecule is CCCCCCC(O)c1ccc(N2C(=O)CC[C@@H]2CCCc2ccc(C(=O)OCCN3CCOCC3)s2)cc1. The molecule has 2 aliphatic heterocycles. The number of rotatable bonds is 15. The zero-order valence-electron chi connectivity index (χ0n) is 23.3. The van der Waals surface area contributed by atoms with Crippen molar-refractivity contribution in [1.82, 2.24) is 4.90 Å². The monoisotopic (exact) mass is 556 g/mol. The van der Waals surface area contributed by atoms with Crippen LogP contribution in [0.25, 0.3) is 0 Å². The van der Waals surface area contributed by atoms with E-state index in [1.807, 2.05) is 41.3 Å². The van der Waals surface area contributed by atoms with Crippen LogP contribution < -0.4 is 4.90 Å². The number of amides is 1. The number of morpholine rings is 1. The Morgan fingerprint density at radius 1 is 1.10 bits per heavy atom. The largest absolute Gasteiger partial charge is 0.460 e. The van der Waals surface area contributed by atoms with Crippen LogP contribution in [0.5, 0.6) is 0 Å². The fourth-order valence-electron chi connectivity index (χ4n) is 5.46. The molecule has 0 bridgehead atoms. The summed E-state index contributed by atoms with van der Waals surface area (Å²) in [5.74, 6) is -0.0762. The maximum absolute atomic E-state index is 12.7. The van der Waals surface area contributed by atoms with Gasteiger partial charge in [0.1, 0.15) is 11.5 Å². The van der Waals surface area contributed by atoms with Gasteiger partial charge in [-0.2, -0.15) is 0 Å². The van der Waals surface area contributed by atoms with Crippen LogP contribution in [0.3, 0.4) is 0 Å². The number of carbonyl (C=O) groups is 2. The van der Waals surface area contributed by atoms with Crippen molar-refractivity contribution in [3.63, 3.8) is 0 Å². The third-order valence-corrected chi connectivity index (χ3v) is 8.91. The van der Waals surface area contributed by atoms with Gasteiger partial charge in [0, 0.05) is 42.7 Å². The van der Waals surface area contributed by atoms with Gasteiger partial charge in [0.15, 0.2) is 0 Å². The van der Waals surface area contributed by atoms with E-state index in [1.165, 1.54) is 29.1 Å². The molecule has 0 radical (unpaired) electrons. The van der Waals surface area contributed by atoms with Gasteiger partial charge >= 0.3 is 5.97 Å². The molecule has 1 aromatic carbocycles. The average Bonchev–Trinajstić information content (AvgIpc) is 3.58. The quantitative estimate of drug-likeness (QED) is 0.222. The van der Waals surface area contributed by atoms with Crippen LogP contribution in [-0.2, 0) is 20.7 Å². The zero-order chi connectivity index (χ0) is 27.5. The molecule has 3 heterocycles. The maximum Gasteiger partial charge on any atom is 0.348 e. The molecule has 1 amide bonds. The van der Waals surface area contributed by atoms with Crippen molar-refractivity contribution in [2.45, 2.75) is 83.3 Å². The molecule has 2 aliphatic rings. The Balaban J connectivity index is 1.21. The van der Waals surface area contributed by atoms with Crippen LogP contribution in [0.15, 0.2) is 36.4 Å². The second-order valence-corrected chi connectivity index (χ2v) is 11.8. The lowest BCUT2D eigenvalue weighted by Gasteiger charge is -2.26. The fourth-order valence-corrected chi connectivity index (χ4v) is 6.40. The third kappa shape index (κ3) is 8.87. The molecule has 1 N–H and O–H groups in total. The number of unbranched alkanes of at least 4 members (excludes halogenated alkanes) is 3. The summed E-state index contributed by atoms with van der Waals surface area (Å²) in [6.07, 6.45) is 9.12. The van der Waals surface area contributed by atoms with Gasteiger partial charge in [-0.1, -0.05) is 44.7 Å². The number of ether oxygens (including phenoxy) is 2. The van der Waals surface area contributed by atoms with E-state index in [1.54, 1.807) is 0 Å². The summed E-state index contributed by atoms with van der Waals surface area (Å²) in [7, 11) is 0. The molecular formula is C31H44N2O5S. The van der Waals surface area contributed by atoms with Crippen molar-refractivity contribution in [1.29, 1.82) is 0 Å². The van der Waals surface area contributed by atoms with Crippen molar-refractivity contribution < 1.29 is 24.2 Å². The molecule has 4 rings (SSSR count). The lowest BCUT2D eigenvalue weighted by Crippen LogP contribution is -2.38. The number of benzene rings is 1. The number of aliphatic hydroxyl groups excluding tert-OH is 1. The first-order chi connectivity index (χ1) is 19.0. The Labute approximate surface area is 237 Å². The van der Waals surface area contributed by atoms with Crippen LogP contribution in [0.2, 0.25) is 0 Å². The van der Waals surface area contributed by atoms with Crippen molar-refractivity contribution in [2.24, 2.45) is 0 Å². The molecule has 2 atom stereocenters. The Bertz CT molecular complexity index is 1030. The van der Waals surface area contributed by atoms with Crippen LogP contribution in [0.4, 0.5) is 5.69 Å². The topological polar surface area (TPSA) is 79.3 Å². The van der Waals surface area contributed by atoms with Crippen molar-refractivity contribution >= 4 is 28.9 Å². The van der Waals surface area contributed by atoms with Crippen molar-refractivity contribution in [3.8, 4) is 0 Å². The summed E-state index contributed by atoms with van der Waals surface area (Å²) in [5, 5.41) is 10.5. The van der Waals surface area contributed by atoms with Crippen molar-refractivity contribution in [3.05, 3.63) is 51.7 Å². The van der Waals surface area contributed by atoms with Gasteiger partial charge in [-0.25, -0.2) is 4.79 Å². The Kier molecular flexibility index (Phi) is 11.8. The van der Waals surface area contributed by atoms with E-state index in [-0.39, 0.29) is 17.9 Å². The molecule has 8 heteroatoms. The molecule has 1 aromatic heterocycles. The highest BCUT2D eigenvalue weighted by Gasteiger charge is 2.31. The molecular weight excluding hydrogens is 512 g/mol. The minimum atomic E-state index is -0.446. The standard InChI is InChI=1S/C31H44N2O5S/c1-2-3-4-5-9-28(34)24-10-12-26(13-11-24)33-25(14-17-30(33)35)7-6-8-27-15-16-29(39-27)31(36)38-23-20-32-18-21-37-22-19-32/h10-13,15-16,25,28,34H,2-9,14,17-23H2,1H3/t25-,28?/m0/s1. The van der Waals surface area contributed by atoms with E-state index in [2.05, 4.69) is 11.8 Å². The van der Waals surface area contributed by atoms with Gasteiger partial charge in [-0.05, 0) is 61.9 Å². The van der Waals surface area contributed by atoms with Gasteiger partial charge in [0.25, 0.3) is 0 Å². The number of hydrogen-bond acceptors (Lipinski definition) is 7. The van der Waals surface area contributed by atoms with E-state index in [4.69, 9.17) is 9.47 Å². The van der Waals surface area contributed by atoms with Crippen LogP contribution in [-0.4, -0.2) is 67.4 Å². The molecule has 214 valence electrons. The molecule has 2 aromatic rings. The van der Waals surface area contributed by atoms with Crippen LogP contribution in [0, 0.1) is 0 Å². The predicted octanol–water partition coefficient (Wildman–Crippen LogP) is 5.76. The van der Waals surface area contributed by atoms with Crippen LogP contribution in [0.1, 0.15) is 90.9 Å². The normalized spacial score (nSPS) is 19.0.